The third-order valence-corrected chi connectivity index (χ3v) is 5.67. The molecule has 0 aromatic heterocycles. The summed E-state index contributed by atoms with van der Waals surface area (Å²) in [6, 6.07) is 18.4. The van der Waals surface area contributed by atoms with Crippen LogP contribution in [0.4, 0.5) is 15.8 Å². The lowest BCUT2D eigenvalue weighted by Crippen LogP contribution is -2.27. The molecule has 1 N–H and O–H groups in total. The van der Waals surface area contributed by atoms with E-state index in [0.29, 0.717) is 11.3 Å². The lowest BCUT2D eigenvalue weighted by Gasteiger charge is -2.19. The highest BCUT2D eigenvalue weighted by Gasteiger charge is 2.21. The van der Waals surface area contributed by atoms with Crippen molar-refractivity contribution in [3.8, 4) is 0 Å². The minimum atomic E-state index is -3.93. The number of aryl methyl sites for hydroxylation is 1. The fourth-order valence-corrected chi connectivity index (χ4v) is 3.76. The zero-order valence-electron chi connectivity index (χ0n) is 15.4. The molecule has 0 spiro atoms. The predicted molar refractivity (Wildman–Crippen MR) is 108 cm³/mol. The number of benzene rings is 3. The molecule has 0 bridgehead atoms. The molecule has 0 unspecified atom stereocenters. The van der Waals surface area contributed by atoms with Gasteiger partial charge in [-0.2, -0.15) is 0 Å². The molecular formula is C21H19FN2O3S. The highest BCUT2D eigenvalue weighted by molar-refractivity contribution is 7.92. The van der Waals surface area contributed by atoms with Crippen LogP contribution in [0.25, 0.3) is 0 Å². The number of halogens is 1. The molecule has 0 radical (unpaired) electrons. The molecule has 28 heavy (non-hydrogen) atoms. The molecule has 3 aromatic rings. The second-order valence-electron chi connectivity index (χ2n) is 6.29. The molecule has 1 amide bonds. The number of sulfonamides is 1. The Kier molecular flexibility index (Phi) is 5.46. The summed E-state index contributed by atoms with van der Waals surface area (Å²) in [7, 11) is -2.30. The second-order valence-corrected chi connectivity index (χ2v) is 7.97. The van der Waals surface area contributed by atoms with Crippen molar-refractivity contribution >= 4 is 27.3 Å². The summed E-state index contributed by atoms with van der Waals surface area (Å²) in [6.07, 6.45) is 0. The summed E-state index contributed by atoms with van der Waals surface area (Å²) in [5.41, 5.74) is 1.88. The average Bonchev–Trinajstić information content (AvgIpc) is 2.69. The van der Waals surface area contributed by atoms with Crippen LogP contribution < -0.4 is 9.62 Å². The first-order valence-electron chi connectivity index (χ1n) is 8.50. The molecule has 3 rings (SSSR count). The minimum Gasteiger partial charge on any atom is -0.311 e. The van der Waals surface area contributed by atoms with Crippen LogP contribution in [0.2, 0.25) is 0 Å². The molecule has 0 saturated heterocycles. The average molecular weight is 398 g/mol. The van der Waals surface area contributed by atoms with Gasteiger partial charge in [-0.25, -0.2) is 12.8 Å². The number of nitrogens with zero attached hydrogens (tertiary/aromatic N) is 1. The topological polar surface area (TPSA) is 66.5 Å². The van der Waals surface area contributed by atoms with E-state index in [2.05, 4.69) is 4.72 Å². The Morgan fingerprint density at radius 1 is 0.964 bits per heavy atom. The number of hydrogen-bond acceptors (Lipinski definition) is 3. The second kappa shape index (κ2) is 7.82. The van der Waals surface area contributed by atoms with E-state index < -0.39 is 15.8 Å². The maximum absolute atomic E-state index is 13.0. The highest BCUT2D eigenvalue weighted by atomic mass is 32.2. The fourth-order valence-electron chi connectivity index (χ4n) is 2.68. The largest absolute Gasteiger partial charge is 0.311 e. The molecule has 5 nitrogen and oxygen atoms in total. The predicted octanol–water partition coefficient (Wildman–Crippen LogP) is 4.21. The molecule has 0 fully saturated rings. The lowest BCUT2D eigenvalue weighted by atomic mass is 10.1. The van der Waals surface area contributed by atoms with Crippen molar-refractivity contribution in [3.05, 3.63) is 89.7 Å². The summed E-state index contributed by atoms with van der Waals surface area (Å²) in [5, 5.41) is 0. The molecule has 3 aromatic carbocycles. The van der Waals surface area contributed by atoms with Gasteiger partial charge in [-0.15, -0.1) is 0 Å². The number of carbonyl (C=O) groups excluding carboxylic acids is 1. The first kappa shape index (κ1) is 19.6. The van der Waals surface area contributed by atoms with Crippen LogP contribution in [-0.4, -0.2) is 21.4 Å². The summed E-state index contributed by atoms with van der Waals surface area (Å²) in [6.45, 7) is 1.75. The maximum atomic E-state index is 13.0. The van der Waals surface area contributed by atoms with E-state index in [4.69, 9.17) is 0 Å². The Labute approximate surface area is 163 Å². The molecule has 0 heterocycles. The van der Waals surface area contributed by atoms with E-state index in [9.17, 15) is 17.6 Å². The van der Waals surface area contributed by atoms with Gasteiger partial charge in [0.1, 0.15) is 5.82 Å². The van der Waals surface area contributed by atoms with Gasteiger partial charge in [0.15, 0.2) is 0 Å². The molecule has 0 atom stereocenters. The summed E-state index contributed by atoms with van der Waals surface area (Å²) in [4.78, 5) is 14.3. The highest BCUT2D eigenvalue weighted by Crippen LogP contribution is 2.22. The smallest absolute Gasteiger partial charge is 0.261 e. The third-order valence-electron chi connectivity index (χ3n) is 4.29. The number of carbonyl (C=O) groups is 1. The van der Waals surface area contributed by atoms with Gasteiger partial charge in [-0.3, -0.25) is 9.52 Å². The number of para-hydroxylation sites is 1. The zero-order valence-corrected chi connectivity index (χ0v) is 16.2. The summed E-state index contributed by atoms with van der Waals surface area (Å²) < 4.78 is 40.8. The zero-order chi connectivity index (χ0) is 20.3. The lowest BCUT2D eigenvalue weighted by molar-refractivity contribution is 0.0992. The van der Waals surface area contributed by atoms with E-state index in [1.54, 1.807) is 32.2 Å². The SMILES string of the molecule is Cc1ccc(S(=O)(=O)Nc2ccc(F)cc2)cc1C(=O)N(C)c1ccccc1. The van der Waals surface area contributed by atoms with Crippen molar-refractivity contribution in [3.63, 3.8) is 0 Å². The Hall–Kier alpha value is -3.19. The van der Waals surface area contributed by atoms with E-state index in [-0.39, 0.29) is 22.1 Å². The monoisotopic (exact) mass is 398 g/mol. The Morgan fingerprint density at radius 2 is 1.61 bits per heavy atom. The van der Waals surface area contributed by atoms with Crippen molar-refractivity contribution in [2.24, 2.45) is 0 Å². The molecular weight excluding hydrogens is 379 g/mol. The third kappa shape index (κ3) is 4.20. The Bertz CT molecular complexity index is 1100. The van der Waals surface area contributed by atoms with Gasteiger partial charge in [0.25, 0.3) is 15.9 Å². The van der Waals surface area contributed by atoms with Gasteiger partial charge < -0.3 is 4.90 Å². The van der Waals surface area contributed by atoms with Crippen LogP contribution in [0.5, 0.6) is 0 Å². The number of anilines is 2. The summed E-state index contributed by atoms with van der Waals surface area (Å²) >= 11 is 0. The quantitative estimate of drug-likeness (QED) is 0.700. The van der Waals surface area contributed by atoms with Gasteiger partial charge >= 0.3 is 0 Å². The van der Waals surface area contributed by atoms with Crippen LogP contribution in [-0.2, 0) is 10.0 Å². The Balaban J connectivity index is 1.92. The number of nitrogens with one attached hydrogen (secondary N) is 1. The normalized spacial score (nSPS) is 11.1. The van der Waals surface area contributed by atoms with Crippen LogP contribution >= 0.6 is 0 Å². The number of amides is 1. The summed E-state index contributed by atoms with van der Waals surface area (Å²) in [5.74, 6) is -0.780. The number of hydrogen-bond donors (Lipinski definition) is 1. The number of rotatable bonds is 5. The van der Waals surface area contributed by atoms with Gasteiger partial charge in [-0.05, 0) is 61.0 Å². The molecule has 7 heteroatoms. The van der Waals surface area contributed by atoms with E-state index >= 15 is 0 Å². The van der Waals surface area contributed by atoms with Gasteiger partial charge in [0.2, 0.25) is 0 Å². The standard InChI is InChI=1S/C21H19FN2O3S/c1-15-8-13-19(28(26,27)23-17-11-9-16(22)10-12-17)14-20(15)21(25)24(2)18-6-4-3-5-7-18/h3-14,23H,1-2H3. The van der Waals surface area contributed by atoms with E-state index in [1.165, 1.54) is 29.2 Å². The first-order valence-corrected chi connectivity index (χ1v) is 9.98. The van der Waals surface area contributed by atoms with Crippen molar-refractivity contribution in [1.82, 2.24) is 0 Å². The van der Waals surface area contributed by atoms with Crippen molar-refractivity contribution < 1.29 is 17.6 Å². The molecule has 0 aliphatic carbocycles. The first-order chi connectivity index (χ1) is 13.3. The molecule has 0 saturated carbocycles. The van der Waals surface area contributed by atoms with Crippen LogP contribution in [0, 0.1) is 12.7 Å². The van der Waals surface area contributed by atoms with Crippen LogP contribution in [0.15, 0.2) is 77.7 Å². The van der Waals surface area contributed by atoms with Gasteiger partial charge in [-0.1, -0.05) is 24.3 Å². The molecule has 0 aliphatic heterocycles. The van der Waals surface area contributed by atoms with Crippen LogP contribution in [0.3, 0.4) is 0 Å². The molecule has 0 aliphatic rings. The Morgan fingerprint density at radius 3 is 2.25 bits per heavy atom. The van der Waals surface area contributed by atoms with Crippen molar-refractivity contribution in [2.45, 2.75) is 11.8 Å². The van der Waals surface area contributed by atoms with Gasteiger partial charge in [0, 0.05) is 24.0 Å². The molecule has 144 valence electrons. The van der Waals surface area contributed by atoms with E-state index in [0.717, 1.165) is 12.1 Å². The van der Waals surface area contributed by atoms with Crippen molar-refractivity contribution in [2.75, 3.05) is 16.7 Å². The van der Waals surface area contributed by atoms with E-state index in [1.807, 2.05) is 18.2 Å². The fraction of sp³-hybridized carbons (Fsp3) is 0.0952. The van der Waals surface area contributed by atoms with Crippen LogP contribution in [0.1, 0.15) is 15.9 Å². The minimum absolute atomic E-state index is 0.0489. The van der Waals surface area contributed by atoms with Crippen molar-refractivity contribution in [1.29, 1.82) is 0 Å². The maximum Gasteiger partial charge on any atom is 0.261 e. The van der Waals surface area contributed by atoms with Gasteiger partial charge in [0.05, 0.1) is 4.90 Å².